The molecule has 0 bridgehead atoms. The minimum Gasteiger partial charge on any atom is -0.329 e. The number of rotatable bonds is 3. The Kier molecular flexibility index (Phi) is 4.23. The summed E-state index contributed by atoms with van der Waals surface area (Å²) in [7, 11) is -3.66. The van der Waals surface area contributed by atoms with Crippen molar-refractivity contribution in [2.45, 2.75) is 37.1 Å². The minimum atomic E-state index is -3.66. The molecule has 1 saturated heterocycles. The van der Waals surface area contributed by atoms with E-state index in [2.05, 4.69) is 0 Å². The van der Waals surface area contributed by atoms with E-state index < -0.39 is 15.8 Å². The average Bonchev–Trinajstić information content (AvgIpc) is 2.41. The van der Waals surface area contributed by atoms with Gasteiger partial charge in [0, 0.05) is 19.1 Å². The van der Waals surface area contributed by atoms with Crippen molar-refractivity contribution in [3.8, 4) is 0 Å². The Morgan fingerprint density at radius 3 is 2.84 bits per heavy atom. The smallest absolute Gasteiger partial charge is 0.243 e. The molecule has 1 atom stereocenters. The van der Waals surface area contributed by atoms with Crippen LogP contribution in [0.15, 0.2) is 23.1 Å². The van der Waals surface area contributed by atoms with Gasteiger partial charge in [-0.1, -0.05) is 12.5 Å². The molecule has 0 aromatic heterocycles. The Morgan fingerprint density at radius 1 is 1.42 bits per heavy atom. The average molecular weight is 286 g/mol. The van der Waals surface area contributed by atoms with Crippen molar-refractivity contribution in [3.63, 3.8) is 0 Å². The Morgan fingerprint density at radius 2 is 2.16 bits per heavy atom. The van der Waals surface area contributed by atoms with E-state index in [0.29, 0.717) is 18.7 Å². The highest BCUT2D eigenvalue weighted by atomic mass is 32.2. The van der Waals surface area contributed by atoms with Gasteiger partial charge in [0.15, 0.2) is 0 Å². The number of benzene rings is 1. The number of halogens is 1. The molecule has 1 aromatic carbocycles. The van der Waals surface area contributed by atoms with Crippen LogP contribution < -0.4 is 5.73 Å². The quantitative estimate of drug-likeness (QED) is 0.918. The highest BCUT2D eigenvalue weighted by Crippen LogP contribution is 2.27. The van der Waals surface area contributed by atoms with Crippen LogP contribution in [0.1, 0.15) is 24.8 Å². The normalized spacial score (nSPS) is 21.5. The molecule has 0 amide bonds. The van der Waals surface area contributed by atoms with Crippen molar-refractivity contribution in [2.75, 3.05) is 13.1 Å². The molecule has 2 N–H and O–H groups in total. The first-order chi connectivity index (χ1) is 8.96. The second-order valence-electron chi connectivity index (χ2n) is 4.91. The largest absolute Gasteiger partial charge is 0.329 e. The van der Waals surface area contributed by atoms with E-state index in [1.54, 1.807) is 6.92 Å². The van der Waals surface area contributed by atoms with E-state index in [-0.39, 0.29) is 10.9 Å². The first-order valence-corrected chi connectivity index (χ1v) is 7.89. The topological polar surface area (TPSA) is 63.4 Å². The predicted octanol–water partition coefficient (Wildman–Crippen LogP) is 1.64. The standard InChI is InChI=1S/C13H19FN2O2S/c1-10-5-6-11(14)8-13(10)19(17,18)16-7-3-2-4-12(16)9-15/h5-6,8,12H,2-4,7,9,15H2,1H3/t12-/m0/s1. The summed E-state index contributed by atoms with van der Waals surface area (Å²) in [6, 6.07) is 3.67. The van der Waals surface area contributed by atoms with Crippen LogP contribution in [-0.2, 0) is 10.0 Å². The molecular formula is C13H19FN2O2S. The molecule has 1 heterocycles. The van der Waals surface area contributed by atoms with Crippen molar-refractivity contribution < 1.29 is 12.8 Å². The Labute approximate surface area is 113 Å². The Hall–Kier alpha value is -0.980. The van der Waals surface area contributed by atoms with E-state index in [1.165, 1.54) is 16.4 Å². The van der Waals surface area contributed by atoms with Crippen molar-refractivity contribution in [1.82, 2.24) is 4.31 Å². The number of hydrogen-bond acceptors (Lipinski definition) is 3. The van der Waals surface area contributed by atoms with E-state index in [1.807, 2.05) is 0 Å². The van der Waals surface area contributed by atoms with E-state index >= 15 is 0 Å². The second kappa shape index (κ2) is 5.56. The summed E-state index contributed by atoms with van der Waals surface area (Å²) in [5.41, 5.74) is 6.21. The number of nitrogens with zero attached hydrogens (tertiary/aromatic N) is 1. The summed E-state index contributed by atoms with van der Waals surface area (Å²) in [6.45, 7) is 2.43. The van der Waals surface area contributed by atoms with Crippen LogP contribution in [0.5, 0.6) is 0 Å². The lowest BCUT2D eigenvalue weighted by Crippen LogP contribution is -2.47. The summed E-state index contributed by atoms with van der Waals surface area (Å²) in [5, 5.41) is 0. The lowest BCUT2D eigenvalue weighted by Gasteiger charge is -2.34. The molecule has 1 aliphatic heterocycles. The van der Waals surface area contributed by atoms with Crippen LogP contribution in [0.3, 0.4) is 0 Å². The van der Waals surface area contributed by atoms with Gasteiger partial charge >= 0.3 is 0 Å². The van der Waals surface area contributed by atoms with Crippen molar-refractivity contribution in [1.29, 1.82) is 0 Å². The molecule has 0 saturated carbocycles. The molecule has 19 heavy (non-hydrogen) atoms. The highest BCUT2D eigenvalue weighted by molar-refractivity contribution is 7.89. The maximum Gasteiger partial charge on any atom is 0.243 e. The molecule has 106 valence electrons. The zero-order valence-corrected chi connectivity index (χ0v) is 11.8. The summed E-state index contributed by atoms with van der Waals surface area (Å²) in [6.07, 6.45) is 2.57. The fourth-order valence-corrected chi connectivity index (χ4v) is 4.45. The molecule has 4 nitrogen and oxygen atoms in total. The van der Waals surface area contributed by atoms with Gasteiger partial charge in [0.2, 0.25) is 10.0 Å². The van der Waals surface area contributed by atoms with E-state index in [9.17, 15) is 12.8 Å². The van der Waals surface area contributed by atoms with Crippen LogP contribution in [-0.4, -0.2) is 31.9 Å². The molecule has 0 spiro atoms. The first-order valence-electron chi connectivity index (χ1n) is 6.45. The molecule has 0 radical (unpaired) electrons. The first kappa shape index (κ1) is 14.4. The molecule has 1 fully saturated rings. The number of piperidine rings is 1. The van der Waals surface area contributed by atoms with Crippen molar-refractivity contribution in [3.05, 3.63) is 29.6 Å². The molecule has 1 aliphatic rings. The van der Waals surface area contributed by atoms with Gasteiger partial charge in [-0.05, 0) is 37.5 Å². The molecule has 6 heteroatoms. The van der Waals surface area contributed by atoms with Gasteiger partial charge in [-0.15, -0.1) is 0 Å². The van der Waals surface area contributed by atoms with Crippen LogP contribution in [0, 0.1) is 12.7 Å². The maximum absolute atomic E-state index is 13.3. The molecule has 0 unspecified atom stereocenters. The summed E-state index contributed by atoms with van der Waals surface area (Å²) >= 11 is 0. The van der Waals surface area contributed by atoms with Crippen LogP contribution >= 0.6 is 0 Å². The highest BCUT2D eigenvalue weighted by Gasteiger charge is 2.33. The van der Waals surface area contributed by atoms with E-state index in [0.717, 1.165) is 25.3 Å². The third-order valence-electron chi connectivity index (χ3n) is 3.58. The van der Waals surface area contributed by atoms with Gasteiger partial charge in [0.25, 0.3) is 0 Å². The third-order valence-corrected chi connectivity index (χ3v) is 5.68. The summed E-state index contributed by atoms with van der Waals surface area (Å²) < 4.78 is 40.0. The van der Waals surface area contributed by atoms with Gasteiger partial charge in [0.1, 0.15) is 5.82 Å². The summed E-state index contributed by atoms with van der Waals surface area (Å²) in [4.78, 5) is 0.0489. The Bertz CT molecular complexity index is 560. The fraction of sp³-hybridized carbons (Fsp3) is 0.538. The SMILES string of the molecule is Cc1ccc(F)cc1S(=O)(=O)N1CCCC[C@H]1CN. The minimum absolute atomic E-state index is 0.0489. The number of sulfonamides is 1. The van der Waals surface area contributed by atoms with Gasteiger partial charge in [0.05, 0.1) is 4.90 Å². The molecular weight excluding hydrogens is 267 g/mol. The van der Waals surface area contributed by atoms with Crippen LogP contribution in [0.2, 0.25) is 0 Å². The summed E-state index contributed by atoms with van der Waals surface area (Å²) in [5.74, 6) is -0.537. The van der Waals surface area contributed by atoms with Crippen LogP contribution in [0.25, 0.3) is 0 Å². The van der Waals surface area contributed by atoms with Crippen molar-refractivity contribution >= 4 is 10.0 Å². The number of nitrogens with two attached hydrogens (primary N) is 1. The fourth-order valence-electron chi connectivity index (χ4n) is 2.50. The third kappa shape index (κ3) is 2.80. The van der Waals surface area contributed by atoms with Gasteiger partial charge in [-0.3, -0.25) is 0 Å². The Balaban J connectivity index is 2.43. The predicted molar refractivity (Wildman–Crippen MR) is 71.7 cm³/mol. The molecule has 1 aromatic rings. The van der Waals surface area contributed by atoms with E-state index in [4.69, 9.17) is 5.73 Å². The van der Waals surface area contributed by atoms with Gasteiger partial charge < -0.3 is 5.73 Å². The molecule has 2 rings (SSSR count). The number of aryl methyl sites for hydroxylation is 1. The monoisotopic (exact) mass is 286 g/mol. The second-order valence-corrected chi connectivity index (χ2v) is 6.77. The van der Waals surface area contributed by atoms with Crippen molar-refractivity contribution in [2.24, 2.45) is 5.73 Å². The van der Waals surface area contributed by atoms with Gasteiger partial charge in [-0.25, -0.2) is 12.8 Å². The zero-order chi connectivity index (χ0) is 14.0. The lowest BCUT2D eigenvalue weighted by molar-refractivity contribution is 0.257. The zero-order valence-electron chi connectivity index (χ0n) is 11.0. The van der Waals surface area contributed by atoms with Gasteiger partial charge in [-0.2, -0.15) is 4.31 Å². The number of hydrogen-bond donors (Lipinski definition) is 1. The molecule has 0 aliphatic carbocycles. The lowest BCUT2D eigenvalue weighted by atomic mass is 10.1. The van der Waals surface area contributed by atoms with Crippen LogP contribution in [0.4, 0.5) is 4.39 Å². The maximum atomic E-state index is 13.3.